The molecule has 0 bridgehead atoms. The highest BCUT2D eigenvalue weighted by Gasteiger charge is 2.36. The van der Waals surface area contributed by atoms with Gasteiger partial charge in [0.25, 0.3) is 0 Å². The van der Waals surface area contributed by atoms with Gasteiger partial charge in [0, 0.05) is 19.6 Å². The van der Waals surface area contributed by atoms with E-state index in [0.29, 0.717) is 13.1 Å². The maximum absolute atomic E-state index is 10.8. The Bertz CT molecular complexity index is 222. The lowest BCUT2D eigenvalue weighted by molar-refractivity contribution is -0.142. The van der Waals surface area contributed by atoms with Crippen LogP contribution < -0.4 is 0 Å². The summed E-state index contributed by atoms with van der Waals surface area (Å²) in [5.41, 5.74) is -0.743. The highest BCUT2D eigenvalue weighted by molar-refractivity contribution is 5.71. The summed E-state index contributed by atoms with van der Waals surface area (Å²) in [5.74, 6) is -0.831. The number of carboxylic acid groups (broad SMARTS) is 1. The molecule has 82 valence electrons. The molecule has 0 aromatic heterocycles. The van der Waals surface area contributed by atoms with Crippen molar-refractivity contribution in [3.8, 4) is 0 Å². The van der Waals surface area contributed by atoms with Gasteiger partial charge in [-0.15, -0.1) is 0 Å². The average molecular weight is 201 g/mol. The van der Waals surface area contributed by atoms with E-state index in [9.17, 15) is 9.90 Å². The molecule has 0 aromatic carbocycles. The van der Waals surface area contributed by atoms with Crippen LogP contribution in [0.25, 0.3) is 0 Å². The van der Waals surface area contributed by atoms with Crippen LogP contribution in [0.3, 0.4) is 0 Å². The van der Waals surface area contributed by atoms with Gasteiger partial charge in [0.15, 0.2) is 0 Å². The average Bonchev–Trinajstić information content (AvgIpc) is 2.26. The van der Waals surface area contributed by atoms with Crippen molar-refractivity contribution in [2.75, 3.05) is 19.6 Å². The number of nitrogens with zero attached hydrogens (tertiary/aromatic N) is 1. The van der Waals surface area contributed by atoms with Gasteiger partial charge >= 0.3 is 5.97 Å². The van der Waals surface area contributed by atoms with E-state index in [4.69, 9.17) is 5.11 Å². The van der Waals surface area contributed by atoms with Crippen molar-refractivity contribution in [3.63, 3.8) is 0 Å². The first-order valence-corrected chi connectivity index (χ1v) is 4.97. The molecule has 0 saturated carbocycles. The molecule has 1 aliphatic rings. The third kappa shape index (κ3) is 2.96. The predicted molar refractivity (Wildman–Crippen MR) is 53.0 cm³/mol. The van der Waals surface area contributed by atoms with E-state index >= 15 is 0 Å². The summed E-state index contributed by atoms with van der Waals surface area (Å²) < 4.78 is 0. The van der Waals surface area contributed by atoms with Gasteiger partial charge in [-0.1, -0.05) is 6.92 Å². The number of aliphatic carboxylic acids is 1. The lowest BCUT2D eigenvalue weighted by Crippen LogP contribution is -2.37. The van der Waals surface area contributed by atoms with Crippen molar-refractivity contribution in [2.45, 2.75) is 26.4 Å². The van der Waals surface area contributed by atoms with E-state index in [0.717, 1.165) is 6.54 Å². The number of carboxylic acids is 1. The first-order valence-electron chi connectivity index (χ1n) is 4.97. The smallest absolute Gasteiger partial charge is 0.308 e. The molecule has 1 aliphatic heterocycles. The minimum absolute atomic E-state index is 0.176. The summed E-state index contributed by atoms with van der Waals surface area (Å²) in [6, 6.07) is 0. The number of aliphatic hydroxyl groups is 1. The molecule has 2 N–H and O–H groups in total. The fraction of sp³-hybridized carbons (Fsp3) is 0.900. The molecular weight excluding hydrogens is 182 g/mol. The molecule has 0 aliphatic carbocycles. The minimum atomic E-state index is -0.743. The summed E-state index contributed by atoms with van der Waals surface area (Å²) in [6.45, 7) is 7.29. The van der Waals surface area contributed by atoms with Gasteiger partial charge in [-0.2, -0.15) is 0 Å². The van der Waals surface area contributed by atoms with Crippen LogP contribution >= 0.6 is 0 Å². The van der Waals surface area contributed by atoms with Gasteiger partial charge in [-0.05, 0) is 19.8 Å². The second-order valence-corrected chi connectivity index (χ2v) is 4.93. The monoisotopic (exact) mass is 201 g/mol. The Hall–Kier alpha value is -0.610. The summed E-state index contributed by atoms with van der Waals surface area (Å²) in [7, 11) is 0. The molecular formula is C10H19NO3. The number of carbonyl (C=O) groups is 1. The molecule has 1 saturated heterocycles. The van der Waals surface area contributed by atoms with Gasteiger partial charge in [0.1, 0.15) is 0 Å². The zero-order chi connectivity index (χ0) is 10.9. The number of rotatable bonds is 3. The largest absolute Gasteiger partial charge is 0.481 e. The Kier molecular flexibility index (Phi) is 3.17. The molecule has 1 rings (SSSR count). The summed E-state index contributed by atoms with van der Waals surface area (Å²) >= 11 is 0. The van der Waals surface area contributed by atoms with Crippen molar-refractivity contribution < 1.29 is 15.0 Å². The maximum atomic E-state index is 10.8. The Morgan fingerprint density at radius 2 is 2.07 bits per heavy atom. The van der Waals surface area contributed by atoms with Crippen molar-refractivity contribution in [1.82, 2.24) is 4.90 Å². The van der Waals surface area contributed by atoms with Gasteiger partial charge in [-0.3, -0.25) is 9.69 Å². The van der Waals surface area contributed by atoms with E-state index in [1.54, 1.807) is 13.8 Å². The lowest BCUT2D eigenvalue weighted by Gasteiger charge is -2.24. The fourth-order valence-corrected chi connectivity index (χ4v) is 2.06. The first kappa shape index (κ1) is 11.5. The number of hydrogen-bond donors (Lipinski definition) is 2. The molecule has 14 heavy (non-hydrogen) atoms. The van der Waals surface area contributed by atoms with Crippen LogP contribution in [0.4, 0.5) is 0 Å². The summed E-state index contributed by atoms with van der Waals surface area (Å²) in [5, 5.41) is 18.5. The Balaban J connectivity index is 2.51. The van der Waals surface area contributed by atoms with Gasteiger partial charge in [0.05, 0.1) is 11.5 Å². The zero-order valence-corrected chi connectivity index (χ0v) is 9.03. The second-order valence-electron chi connectivity index (χ2n) is 4.93. The molecule has 0 aromatic rings. The van der Waals surface area contributed by atoms with Crippen LogP contribution in [0.2, 0.25) is 0 Å². The van der Waals surface area contributed by atoms with E-state index in [2.05, 4.69) is 0 Å². The van der Waals surface area contributed by atoms with Gasteiger partial charge in [-0.25, -0.2) is 0 Å². The fourth-order valence-electron chi connectivity index (χ4n) is 2.06. The lowest BCUT2D eigenvalue weighted by atomic mass is 9.99. The predicted octanol–water partition coefficient (Wildman–Crippen LogP) is 0.410. The molecule has 1 fully saturated rings. The Morgan fingerprint density at radius 1 is 1.50 bits per heavy atom. The minimum Gasteiger partial charge on any atom is -0.481 e. The van der Waals surface area contributed by atoms with Crippen LogP contribution in [0.5, 0.6) is 0 Å². The van der Waals surface area contributed by atoms with E-state index in [1.165, 1.54) is 0 Å². The molecule has 4 heteroatoms. The van der Waals surface area contributed by atoms with Crippen LogP contribution in [0.15, 0.2) is 0 Å². The third-order valence-corrected chi connectivity index (χ3v) is 2.62. The molecule has 0 amide bonds. The molecule has 0 spiro atoms. The molecule has 2 atom stereocenters. The van der Waals surface area contributed by atoms with Crippen LogP contribution in [0.1, 0.15) is 20.8 Å². The molecule has 0 unspecified atom stereocenters. The molecule has 4 nitrogen and oxygen atoms in total. The van der Waals surface area contributed by atoms with Crippen molar-refractivity contribution in [2.24, 2.45) is 11.8 Å². The maximum Gasteiger partial charge on any atom is 0.308 e. The Labute approximate surface area is 84.5 Å². The van der Waals surface area contributed by atoms with Crippen molar-refractivity contribution in [3.05, 3.63) is 0 Å². The van der Waals surface area contributed by atoms with Crippen LogP contribution in [-0.2, 0) is 4.79 Å². The summed E-state index contributed by atoms with van der Waals surface area (Å²) in [6.07, 6.45) is 0. The topological polar surface area (TPSA) is 60.8 Å². The highest BCUT2D eigenvalue weighted by Crippen LogP contribution is 2.24. The van der Waals surface area contributed by atoms with Crippen molar-refractivity contribution in [1.29, 1.82) is 0 Å². The van der Waals surface area contributed by atoms with E-state index in [-0.39, 0.29) is 11.8 Å². The van der Waals surface area contributed by atoms with Crippen LogP contribution in [-0.4, -0.2) is 46.3 Å². The summed E-state index contributed by atoms with van der Waals surface area (Å²) in [4.78, 5) is 12.9. The van der Waals surface area contributed by atoms with E-state index < -0.39 is 11.6 Å². The second kappa shape index (κ2) is 3.87. The zero-order valence-electron chi connectivity index (χ0n) is 9.03. The molecule has 0 radical (unpaired) electrons. The van der Waals surface area contributed by atoms with Gasteiger partial charge < -0.3 is 10.2 Å². The quantitative estimate of drug-likeness (QED) is 0.694. The normalized spacial score (nSPS) is 29.4. The standard InChI is InChI=1S/C10H19NO3/c1-7-4-11(6-10(2,3)14)5-8(7)9(12)13/h7-8,14H,4-6H2,1-3H3,(H,12,13)/t7-,8-/m1/s1. The van der Waals surface area contributed by atoms with Crippen molar-refractivity contribution >= 4 is 5.97 Å². The number of likely N-dealkylation sites (tertiary alicyclic amines) is 1. The highest BCUT2D eigenvalue weighted by atomic mass is 16.4. The number of β-amino-alcohol motifs (C(OH)–C–C–N with tert-alkyl or cyclic N) is 1. The molecule has 1 heterocycles. The van der Waals surface area contributed by atoms with Gasteiger partial charge in [0.2, 0.25) is 0 Å². The third-order valence-electron chi connectivity index (χ3n) is 2.62. The Morgan fingerprint density at radius 3 is 2.43 bits per heavy atom. The van der Waals surface area contributed by atoms with Crippen LogP contribution in [0, 0.1) is 11.8 Å². The van der Waals surface area contributed by atoms with E-state index in [1.807, 2.05) is 11.8 Å². The SMILES string of the molecule is C[C@@H]1CN(CC(C)(C)O)C[C@H]1C(=O)O. The first-order chi connectivity index (χ1) is 6.29. The number of hydrogen-bond acceptors (Lipinski definition) is 3.